The highest BCUT2D eigenvalue weighted by Gasteiger charge is 2.21. The summed E-state index contributed by atoms with van der Waals surface area (Å²) in [4.78, 5) is 11.9. The number of hydrogen-bond donors (Lipinski definition) is 0. The highest BCUT2D eigenvalue weighted by Crippen LogP contribution is 2.26. The maximum absolute atomic E-state index is 11.9. The Hall–Kier alpha value is -1.31. The zero-order valence-electron chi connectivity index (χ0n) is 11.2. The van der Waals surface area contributed by atoms with Crippen LogP contribution in [0.4, 0.5) is 0 Å². The Morgan fingerprint density at radius 2 is 1.89 bits per heavy atom. The molecule has 0 unspecified atom stereocenters. The van der Waals surface area contributed by atoms with Gasteiger partial charge in [-0.15, -0.1) is 0 Å². The van der Waals surface area contributed by atoms with Crippen molar-refractivity contribution in [2.24, 2.45) is 5.92 Å². The maximum Gasteiger partial charge on any atom is 0.139 e. The maximum atomic E-state index is 11.9. The summed E-state index contributed by atoms with van der Waals surface area (Å²) >= 11 is 0. The van der Waals surface area contributed by atoms with E-state index in [1.807, 2.05) is 12.1 Å². The molecule has 0 bridgehead atoms. The smallest absolute Gasteiger partial charge is 0.139 e. The average Bonchev–Trinajstić information content (AvgIpc) is 2.93. The summed E-state index contributed by atoms with van der Waals surface area (Å²) < 4.78 is 5.61. The number of Topliss-reactive ketones (excluding diaryl/α,β-unsaturated/α-hetero) is 1. The summed E-state index contributed by atoms with van der Waals surface area (Å²) in [6, 6.07) is 8.13. The minimum absolute atomic E-state index is 0.316. The Morgan fingerprint density at radius 3 is 2.50 bits per heavy atom. The molecule has 0 spiro atoms. The van der Waals surface area contributed by atoms with E-state index in [0.29, 0.717) is 24.7 Å². The van der Waals surface area contributed by atoms with Gasteiger partial charge in [0.2, 0.25) is 0 Å². The summed E-state index contributed by atoms with van der Waals surface area (Å²) in [5.74, 6) is 1.57. The van der Waals surface area contributed by atoms with E-state index < -0.39 is 0 Å². The van der Waals surface area contributed by atoms with E-state index in [0.717, 1.165) is 25.0 Å². The van der Waals surface area contributed by atoms with Crippen molar-refractivity contribution in [3.63, 3.8) is 0 Å². The molecule has 0 radical (unpaired) electrons. The Morgan fingerprint density at radius 1 is 1.22 bits per heavy atom. The summed E-state index contributed by atoms with van der Waals surface area (Å²) in [5, 5.41) is 0. The van der Waals surface area contributed by atoms with Gasteiger partial charge in [0.25, 0.3) is 0 Å². The molecule has 1 aromatic rings. The first-order valence-electron chi connectivity index (χ1n) is 7.04. The lowest BCUT2D eigenvalue weighted by Crippen LogP contribution is -2.14. The van der Waals surface area contributed by atoms with E-state index in [-0.39, 0.29) is 0 Å². The predicted octanol–water partition coefficient (Wildman–Crippen LogP) is 3.78. The van der Waals surface area contributed by atoms with Crippen LogP contribution in [0.25, 0.3) is 0 Å². The van der Waals surface area contributed by atoms with Crippen LogP contribution < -0.4 is 4.74 Å². The molecule has 1 fully saturated rings. The average molecular weight is 246 g/mol. The van der Waals surface area contributed by atoms with Crippen molar-refractivity contribution >= 4 is 5.78 Å². The second-order valence-corrected chi connectivity index (χ2v) is 5.04. The Bertz CT molecular complexity index is 375. The fourth-order valence-electron chi connectivity index (χ4n) is 2.54. The standard InChI is InChI=1S/C16H22O2/c1-2-13-7-9-15(10-8-13)18-12-11-16(17)14-5-3-4-6-14/h7-10,14H,2-6,11-12H2,1H3. The number of carbonyl (C=O) groups is 1. The summed E-state index contributed by atoms with van der Waals surface area (Å²) in [5.41, 5.74) is 1.31. The van der Waals surface area contributed by atoms with Crippen molar-refractivity contribution in [2.45, 2.75) is 45.4 Å². The van der Waals surface area contributed by atoms with E-state index in [4.69, 9.17) is 4.74 Å². The minimum Gasteiger partial charge on any atom is -0.493 e. The van der Waals surface area contributed by atoms with Crippen molar-refractivity contribution in [1.82, 2.24) is 0 Å². The van der Waals surface area contributed by atoms with Gasteiger partial charge in [-0.05, 0) is 37.0 Å². The number of ketones is 1. The van der Waals surface area contributed by atoms with Crippen LogP contribution in [-0.2, 0) is 11.2 Å². The third kappa shape index (κ3) is 3.59. The van der Waals surface area contributed by atoms with Gasteiger partial charge >= 0.3 is 0 Å². The number of rotatable bonds is 6. The van der Waals surface area contributed by atoms with Crippen LogP contribution >= 0.6 is 0 Å². The predicted molar refractivity (Wildman–Crippen MR) is 72.9 cm³/mol. The van der Waals surface area contributed by atoms with Crippen LogP contribution in [0.3, 0.4) is 0 Å². The summed E-state index contributed by atoms with van der Waals surface area (Å²) in [6.07, 6.45) is 6.21. The largest absolute Gasteiger partial charge is 0.493 e. The van der Waals surface area contributed by atoms with Crippen LogP contribution in [-0.4, -0.2) is 12.4 Å². The van der Waals surface area contributed by atoms with Gasteiger partial charge in [0.1, 0.15) is 11.5 Å². The minimum atomic E-state index is 0.316. The molecule has 2 heteroatoms. The quantitative estimate of drug-likeness (QED) is 0.763. The van der Waals surface area contributed by atoms with Gasteiger partial charge in [-0.1, -0.05) is 31.9 Å². The second-order valence-electron chi connectivity index (χ2n) is 5.04. The molecule has 2 nitrogen and oxygen atoms in total. The number of ether oxygens (including phenoxy) is 1. The Balaban J connectivity index is 1.72. The normalized spacial score (nSPS) is 15.8. The van der Waals surface area contributed by atoms with Gasteiger partial charge in [-0.25, -0.2) is 0 Å². The van der Waals surface area contributed by atoms with Crippen molar-refractivity contribution < 1.29 is 9.53 Å². The second kappa shape index (κ2) is 6.58. The number of aryl methyl sites for hydroxylation is 1. The molecular weight excluding hydrogens is 224 g/mol. The fourth-order valence-corrected chi connectivity index (χ4v) is 2.54. The zero-order chi connectivity index (χ0) is 12.8. The lowest BCUT2D eigenvalue weighted by atomic mass is 10.0. The van der Waals surface area contributed by atoms with Gasteiger partial charge in [-0.3, -0.25) is 4.79 Å². The van der Waals surface area contributed by atoms with Gasteiger partial charge in [0.15, 0.2) is 0 Å². The van der Waals surface area contributed by atoms with E-state index in [9.17, 15) is 4.79 Å². The molecule has 1 aliphatic carbocycles. The third-order valence-corrected chi connectivity index (χ3v) is 3.76. The highest BCUT2D eigenvalue weighted by molar-refractivity contribution is 5.81. The molecule has 18 heavy (non-hydrogen) atoms. The first-order chi connectivity index (χ1) is 8.79. The molecule has 0 atom stereocenters. The summed E-state index contributed by atoms with van der Waals surface area (Å²) in [6.45, 7) is 2.65. The van der Waals surface area contributed by atoms with Gasteiger partial charge in [0.05, 0.1) is 6.61 Å². The Labute approximate surface area is 109 Å². The highest BCUT2D eigenvalue weighted by atomic mass is 16.5. The summed E-state index contributed by atoms with van der Waals surface area (Å²) in [7, 11) is 0. The van der Waals surface area contributed by atoms with Crippen molar-refractivity contribution in [2.75, 3.05) is 6.61 Å². The molecule has 0 N–H and O–H groups in total. The topological polar surface area (TPSA) is 26.3 Å². The fraction of sp³-hybridized carbons (Fsp3) is 0.562. The molecule has 1 aliphatic rings. The first kappa shape index (κ1) is 13.1. The zero-order valence-corrected chi connectivity index (χ0v) is 11.2. The molecule has 2 rings (SSSR count). The Kier molecular flexibility index (Phi) is 4.80. The monoisotopic (exact) mass is 246 g/mol. The van der Waals surface area contributed by atoms with E-state index in [1.165, 1.54) is 18.4 Å². The third-order valence-electron chi connectivity index (χ3n) is 3.76. The van der Waals surface area contributed by atoms with Gasteiger partial charge < -0.3 is 4.74 Å². The van der Waals surface area contributed by atoms with Crippen LogP contribution in [0.5, 0.6) is 5.75 Å². The van der Waals surface area contributed by atoms with Crippen molar-refractivity contribution in [1.29, 1.82) is 0 Å². The van der Waals surface area contributed by atoms with Crippen molar-refractivity contribution in [3.05, 3.63) is 29.8 Å². The van der Waals surface area contributed by atoms with E-state index in [2.05, 4.69) is 19.1 Å². The molecule has 0 aliphatic heterocycles. The lowest BCUT2D eigenvalue weighted by molar-refractivity contribution is -0.123. The van der Waals surface area contributed by atoms with Crippen molar-refractivity contribution in [3.8, 4) is 5.75 Å². The van der Waals surface area contributed by atoms with Crippen LogP contribution in [0.2, 0.25) is 0 Å². The number of carbonyl (C=O) groups excluding carboxylic acids is 1. The molecule has 0 aromatic heterocycles. The first-order valence-corrected chi connectivity index (χ1v) is 7.04. The molecule has 98 valence electrons. The molecule has 0 amide bonds. The van der Waals surface area contributed by atoms with Crippen LogP contribution in [0.15, 0.2) is 24.3 Å². The number of hydrogen-bond acceptors (Lipinski definition) is 2. The van der Waals surface area contributed by atoms with E-state index in [1.54, 1.807) is 0 Å². The van der Waals surface area contributed by atoms with Gasteiger partial charge in [0, 0.05) is 12.3 Å². The van der Waals surface area contributed by atoms with Gasteiger partial charge in [-0.2, -0.15) is 0 Å². The molecular formula is C16H22O2. The number of benzene rings is 1. The van der Waals surface area contributed by atoms with Crippen LogP contribution in [0, 0.1) is 5.92 Å². The molecule has 0 saturated heterocycles. The molecule has 1 aromatic carbocycles. The lowest BCUT2D eigenvalue weighted by Gasteiger charge is -2.09. The molecule has 1 saturated carbocycles. The molecule has 0 heterocycles. The SMILES string of the molecule is CCc1ccc(OCCC(=O)C2CCCC2)cc1. The van der Waals surface area contributed by atoms with E-state index >= 15 is 0 Å². The van der Waals surface area contributed by atoms with Crippen LogP contribution in [0.1, 0.15) is 44.6 Å².